The molecule has 4 atom stereocenters. The highest BCUT2D eigenvalue weighted by Crippen LogP contribution is 2.31. The van der Waals surface area contributed by atoms with E-state index < -0.39 is 11.5 Å². The third-order valence-corrected chi connectivity index (χ3v) is 7.34. The Bertz CT molecular complexity index is 951. The van der Waals surface area contributed by atoms with Crippen molar-refractivity contribution >= 4 is 17.8 Å². The molecule has 1 aromatic carbocycles. The fourth-order valence-electron chi connectivity index (χ4n) is 4.98. The van der Waals surface area contributed by atoms with Gasteiger partial charge in [-0.3, -0.25) is 14.5 Å². The lowest BCUT2D eigenvalue weighted by atomic mass is 9.83. The number of nitrogens with one attached hydrogen (secondary N) is 1. The summed E-state index contributed by atoms with van der Waals surface area (Å²) in [7, 11) is 3.72. The van der Waals surface area contributed by atoms with E-state index in [0.717, 1.165) is 13.0 Å². The van der Waals surface area contributed by atoms with Crippen molar-refractivity contribution in [3.05, 3.63) is 47.5 Å². The third kappa shape index (κ3) is 8.16. The first-order valence-corrected chi connectivity index (χ1v) is 13.5. The number of amides is 2. The minimum Gasteiger partial charge on any atom is -0.463 e. The lowest BCUT2D eigenvalue weighted by Gasteiger charge is -2.40. The van der Waals surface area contributed by atoms with Crippen LogP contribution in [0.15, 0.2) is 42.0 Å². The number of esters is 1. The Kier molecular flexibility index (Phi) is 10.9. The maximum absolute atomic E-state index is 13.9. The van der Waals surface area contributed by atoms with Gasteiger partial charge in [0, 0.05) is 12.6 Å². The second-order valence-electron chi connectivity index (χ2n) is 11.7. The number of benzene rings is 1. The van der Waals surface area contributed by atoms with Gasteiger partial charge in [-0.1, -0.05) is 71.0 Å². The molecule has 1 aliphatic rings. The molecule has 1 aromatic rings. The molecule has 206 valence electrons. The molecule has 37 heavy (non-hydrogen) atoms. The van der Waals surface area contributed by atoms with E-state index in [4.69, 9.17) is 4.74 Å². The Morgan fingerprint density at radius 1 is 1.19 bits per heavy atom. The van der Waals surface area contributed by atoms with Crippen molar-refractivity contribution in [1.29, 1.82) is 0 Å². The first-order valence-electron chi connectivity index (χ1n) is 13.5. The van der Waals surface area contributed by atoms with Crippen molar-refractivity contribution in [1.82, 2.24) is 15.1 Å². The number of piperidine rings is 1. The minimum absolute atomic E-state index is 0.0609. The van der Waals surface area contributed by atoms with Crippen LogP contribution in [0.3, 0.4) is 0 Å². The average Bonchev–Trinajstić information content (AvgIpc) is 2.84. The zero-order valence-electron chi connectivity index (χ0n) is 24.2. The van der Waals surface area contributed by atoms with E-state index in [9.17, 15) is 14.4 Å². The first-order chi connectivity index (χ1) is 17.3. The number of hydrogen-bond acceptors (Lipinski definition) is 5. The van der Waals surface area contributed by atoms with Crippen LogP contribution in [0.25, 0.3) is 0 Å². The third-order valence-electron chi connectivity index (χ3n) is 7.34. The molecule has 1 aliphatic heterocycles. The van der Waals surface area contributed by atoms with Crippen LogP contribution < -0.4 is 5.32 Å². The fourth-order valence-corrected chi connectivity index (χ4v) is 4.98. The van der Waals surface area contributed by atoms with Gasteiger partial charge in [0.05, 0.1) is 18.7 Å². The van der Waals surface area contributed by atoms with Gasteiger partial charge >= 0.3 is 5.97 Å². The van der Waals surface area contributed by atoms with Crippen molar-refractivity contribution in [2.45, 2.75) is 85.4 Å². The summed E-state index contributed by atoms with van der Waals surface area (Å²) < 4.78 is 5.12. The predicted molar refractivity (Wildman–Crippen MR) is 148 cm³/mol. The molecular weight excluding hydrogens is 466 g/mol. The highest BCUT2D eigenvalue weighted by Gasteiger charge is 2.40. The number of nitrogens with zero attached hydrogens (tertiary/aromatic N) is 2. The standard InChI is InChI=1S/C30H47N3O4/c1-10-37-29(36)21(4)18-24(20(2)3)33(9)28(35)26(30(5,6)7)31-27(34)25-19-23(16-17-32(25)8)22-14-12-11-13-15-22/h11-15,18,20,23-26H,10,16-17,19H2,1-9H3,(H,31,34)/t23-,24+,25?,26+/m0/s1. The Morgan fingerprint density at radius 3 is 2.35 bits per heavy atom. The van der Waals surface area contributed by atoms with E-state index in [-0.39, 0.29) is 35.8 Å². The van der Waals surface area contributed by atoms with E-state index >= 15 is 0 Å². The van der Waals surface area contributed by atoms with Crippen LogP contribution in [0.4, 0.5) is 0 Å². The summed E-state index contributed by atoms with van der Waals surface area (Å²) in [6.45, 7) is 14.5. The lowest BCUT2D eigenvalue weighted by molar-refractivity contribution is -0.142. The molecule has 1 unspecified atom stereocenters. The van der Waals surface area contributed by atoms with Crippen LogP contribution in [0.1, 0.15) is 72.8 Å². The number of hydrogen-bond donors (Lipinski definition) is 1. The molecule has 0 saturated carbocycles. The quantitative estimate of drug-likeness (QED) is 0.391. The highest BCUT2D eigenvalue weighted by molar-refractivity contribution is 5.91. The molecule has 2 amide bonds. The Morgan fingerprint density at radius 2 is 1.81 bits per heavy atom. The zero-order chi connectivity index (χ0) is 27.9. The summed E-state index contributed by atoms with van der Waals surface area (Å²) >= 11 is 0. The first kappa shape index (κ1) is 30.6. The van der Waals surface area contributed by atoms with Crippen LogP contribution in [-0.4, -0.2) is 73.0 Å². The van der Waals surface area contributed by atoms with Crippen molar-refractivity contribution in [2.75, 3.05) is 27.2 Å². The monoisotopic (exact) mass is 513 g/mol. The summed E-state index contributed by atoms with van der Waals surface area (Å²) in [5.74, 6) is -0.315. The molecule has 1 N–H and O–H groups in total. The van der Waals surface area contributed by atoms with E-state index in [1.807, 2.05) is 59.9 Å². The van der Waals surface area contributed by atoms with Gasteiger partial charge in [-0.05, 0) is 63.1 Å². The summed E-state index contributed by atoms with van der Waals surface area (Å²) in [4.78, 5) is 43.4. The van der Waals surface area contributed by atoms with Gasteiger partial charge in [0.1, 0.15) is 6.04 Å². The number of ether oxygens (including phenoxy) is 1. The summed E-state index contributed by atoms with van der Waals surface area (Å²) in [6.07, 6.45) is 3.50. The van der Waals surface area contributed by atoms with E-state index in [1.165, 1.54) is 5.56 Å². The molecule has 1 heterocycles. The van der Waals surface area contributed by atoms with Gasteiger partial charge in [-0.15, -0.1) is 0 Å². The normalized spacial score (nSPS) is 20.8. The van der Waals surface area contributed by atoms with Crippen LogP contribution >= 0.6 is 0 Å². The number of carbonyl (C=O) groups is 3. The predicted octanol–water partition coefficient (Wildman–Crippen LogP) is 4.39. The largest absolute Gasteiger partial charge is 0.463 e. The summed E-state index contributed by atoms with van der Waals surface area (Å²) in [6, 6.07) is 8.98. The van der Waals surface area contributed by atoms with Crippen molar-refractivity contribution in [3.8, 4) is 0 Å². The van der Waals surface area contributed by atoms with E-state index in [0.29, 0.717) is 24.5 Å². The maximum Gasteiger partial charge on any atom is 0.333 e. The van der Waals surface area contributed by atoms with Gasteiger partial charge in [-0.25, -0.2) is 4.79 Å². The zero-order valence-corrected chi connectivity index (χ0v) is 24.2. The number of carbonyl (C=O) groups excluding carboxylic acids is 3. The molecule has 0 radical (unpaired) electrons. The molecule has 0 bridgehead atoms. The van der Waals surface area contributed by atoms with Gasteiger partial charge in [0.15, 0.2) is 0 Å². The second kappa shape index (κ2) is 13.2. The highest BCUT2D eigenvalue weighted by atomic mass is 16.5. The SMILES string of the molecule is CCOC(=O)C(C)=C[C@H](C(C)C)N(C)C(=O)[C@@H](NC(=O)C1C[C@@H](c2ccccc2)CCN1C)C(C)(C)C. The van der Waals surface area contributed by atoms with Crippen LogP contribution in [0.5, 0.6) is 0 Å². The fraction of sp³-hybridized carbons (Fsp3) is 0.633. The smallest absolute Gasteiger partial charge is 0.333 e. The second-order valence-corrected chi connectivity index (χ2v) is 11.7. The van der Waals surface area contributed by atoms with Gasteiger partial charge in [-0.2, -0.15) is 0 Å². The lowest BCUT2D eigenvalue weighted by Crippen LogP contribution is -2.60. The minimum atomic E-state index is -0.715. The van der Waals surface area contributed by atoms with Crippen molar-refractivity contribution in [2.24, 2.45) is 11.3 Å². The van der Waals surface area contributed by atoms with Crippen LogP contribution in [0, 0.1) is 11.3 Å². The molecule has 0 spiro atoms. The molecular formula is C30H47N3O4. The molecule has 7 nitrogen and oxygen atoms in total. The van der Waals surface area contributed by atoms with Gasteiger partial charge in [0.25, 0.3) is 0 Å². The maximum atomic E-state index is 13.9. The topological polar surface area (TPSA) is 79.0 Å². The van der Waals surface area contributed by atoms with Crippen LogP contribution in [0.2, 0.25) is 0 Å². The summed E-state index contributed by atoms with van der Waals surface area (Å²) in [5, 5.41) is 3.12. The van der Waals surface area contributed by atoms with Crippen LogP contribution in [-0.2, 0) is 19.1 Å². The number of likely N-dealkylation sites (N-methyl/N-ethyl adjacent to an activating group) is 2. The van der Waals surface area contributed by atoms with E-state index in [2.05, 4.69) is 22.3 Å². The summed E-state index contributed by atoms with van der Waals surface area (Å²) in [5.41, 5.74) is 1.21. The van der Waals surface area contributed by atoms with Gasteiger partial charge in [0.2, 0.25) is 11.8 Å². The number of likely N-dealkylation sites (tertiary alicyclic amines) is 1. The Balaban J connectivity index is 2.25. The van der Waals surface area contributed by atoms with Crippen molar-refractivity contribution < 1.29 is 19.1 Å². The molecule has 1 saturated heterocycles. The average molecular weight is 514 g/mol. The van der Waals surface area contributed by atoms with E-state index in [1.54, 1.807) is 31.9 Å². The molecule has 2 rings (SSSR count). The Labute approximate surface area is 223 Å². The Hall–Kier alpha value is -2.67. The molecule has 0 aromatic heterocycles. The number of rotatable bonds is 9. The molecule has 7 heteroatoms. The molecule has 0 aliphatic carbocycles. The van der Waals surface area contributed by atoms with Gasteiger partial charge < -0.3 is 15.0 Å². The van der Waals surface area contributed by atoms with Crippen molar-refractivity contribution in [3.63, 3.8) is 0 Å². The molecule has 1 fully saturated rings.